The van der Waals surface area contributed by atoms with Crippen LogP contribution in [-0.2, 0) is 4.79 Å². The summed E-state index contributed by atoms with van der Waals surface area (Å²) in [6.45, 7) is 0.727. The molecule has 1 aromatic heterocycles. The normalized spacial score (nSPS) is 20.8. The Kier molecular flexibility index (Phi) is 2.66. The lowest BCUT2D eigenvalue weighted by molar-refractivity contribution is -0.123. The van der Waals surface area contributed by atoms with Gasteiger partial charge in [0.1, 0.15) is 6.04 Å². The molecule has 0 saturated carbocycles. The SMILES string of the molecule is O=C1NCCCC1Nc1cn[nH]c(=O)c1. The molecule has 1 unspecified atom stereocenters. The first-order chi connectivity index (χ1) is 7.25. The van der Waals surface area contributed by atoms with Crippen LogP contribution in [0.2, 0.25) is 0 Å². The summed E-state index contributed by atoms with van der Waals surface area (Å²) in [5.74, 6) is -0.0264. The molecule has 1 saturated heterocycles. The average Bonchev–Trinajstić information content (AvgIpc) is 2.22. The van der Waals surface area contributed by atoms with E-state index in [-0.39, 0.29) is 17.5 Å². The Morgan fingerprint density at radius 3 is 3.07 bits per heavy atom. The lowest BCUT2D eigenvalue weighted by Crippen LogP contribution is -2.44. The van der Waals surface area contributed by atoms with Gasteiger partial charge in [0.05, 0.1) is 11.9 Å². The maximum absolute atomic E-state index is 11.4. The first-order valence-electron chi connectivity index (χ1n) is 4.85. The molecule has 1 aliphatic rings. The standard InChI is InChI=1S/C9H12N4O2/c14-8-4-6(5-11-13-8)12-7-2-1-3-10-9(7)15/h4-5,7H,1-3H2,(H,10,15)(H2,12,13,14). The molecule has 15 heavy (non-hydrogen) atoms. The molecule has 2 rings (SSSR count). The van der Waals surface area contributed by atoms with Crippen molar-refractivity contribution in [2.45, 2.75) is 18.9 Å². The summed E-state index contributed by atoms with van der Waals surface area (Å²) in [6.07, 6.45) is 3.21. The van der Waals surface area contributed by atoms with Crippen molar-refractivity contribution in [2.75, 3.05) is 11.9 Å². The minimum absolute atomic E-state index is 0.0264. The Balaban J connectivity index is 2.07. The third kappa shape index (κ3) is 2.34. The van der Waals surface area contributed by atoms with Crippen LogP contribution in [-0.4, -0.2) is 28.7 Å². The highest BCUT2D eigenvalue weighted by Gasteiger charge is 2.21. The number of nitrogens with zero attached hydrogens (tertiary/aromatic N) is 1. The summed E-state index contributed by atoms with van der Waals surface area (Å²) in [4.78, 5) is 22.4. The molecule has 1 amide bonds. The molecule has 1 aliphatic heterocycles. The highest BCUT2D eigenvalue weighted by atomic mass is 16.2. The molecule has 0 radical (unpaired) electrons. The second-order valence-corrected chi connectivity index (χ2v) is 3.46. The molecule has 3 N–H and O–H groups in total. The lowest BCUT2D eigenvalue weighted by Gasteiger charge is -2.23. The van der Waals surface area contributed by atoms with Gasteiger partial charge in [-0.1, -0.05) is 0 Å². The van der Waals surface area contributed by atoms with Gasteiger partial charge in [0.2, 0.25) is 5.91 Å². The fraction of sp³-hybridized carbons (Fsp3) is 0.444. The molecule has 0 bridgehead atoms. The number of nitrogens with one attached hydrogen (secondary N) is 3. The van der Waals surface area contributed by atoms with Crippen LogP contribution >= 0.6 is 0 Å². The van der Waals surface area contributed by atoms with Crippen LogP contribution in [0.5, 0.6) is 0 Å². The van der Waals surface area contributed by atoms with Crippen molar-refractivity contribution in [1.29, 1.82) is 0 Å². The first-order valence-corrected chi connectivity index (χ1v) is 4.85. The zero-order chi connectivity index (χ0) is 10.7. The van der Waals surface area contributed by atoms with Crippen LogP contribution in [0.1, 0.15) is 12.8 Å². The van der Waals surface area contributed by atoms with Gasteiger partial charge in [0, 0.05) is 12.6 Å². The number of H-pyrrole nitrogens is 1. The zero-order valence-electron chi connectivity index (χ0n) is 8.12. The van der Waals surface area contributed by atoms with Crippen LogP contribution in [0.4, 0.5) is 5.69 Å². The van der Waals surface area contributed by atoms with Gasteiger partial charge in [-0.15, -0.1) is 0 Å². The lowest BCUT2D eigenvalue weighted by atomic mass is 10.1. The third-order valence-corrected chi connectivity index (χ3v) is 2.29. The Labute approximate surface area is 86.1 Å². The molecule has 80 valence electrons. The number of anilines is 1. The summed E-state index contributed by atoms with van der Waals surface area (Å²) >= 11 is 0. The van der Waals surface area contributed by atoms with Gasteiger partial charge in [-0.2, -0.15) is 5.10 Å². The van der Waals surface area contributed by atoms with E-state index in [4.69, 9.17) is 0 Å². The zero-order valence-corrected chi connectivity index (χ0v) is 8.12. The van der Waals surface area contributed by atoms with Crippen molar-refractivity contribution >= 4 is 11.6 Å². The largest absolute Gasteiger partial charge is 0.372 e. The van der Waals surface area contributed by atoms with Gasteiger partial charge < -0.3 is 10.6 Å². The monoisotopic (exact) mass is 208 g/mol. The Morgan fingerprint density at radius 1 is 1.47 bits per heavy atom. The van der Waals surface area contributed by atoms with Gasteiger partial charge in [0.25, 0.3) is 5.56 Å². The van der Waals surface area contributed by atoms with Gasteiger partial charge in [0.15, 0.2) is 0 Å². The third-order valence-electron chi connectivity index (χ3n) is 2.29. The molecular formula is C9H12N4O2. The van der Waals surface area contributed by atoms with E-state index in [1.807, 2.05) is 0 Å². The predicted molar refractivity (Wildman–Crippen MR) is 54.5 cm³/mol. The second kappa shape index (κ2) is 4.12. The number of rotatable bonds is 2. The summed E-state index contributed by atoms with van der Waals surface area (Å²) < 4.78 is 0. The van der Waals surface area contributed by atoms with Crippen LogP contribution in [0.25, 0.3) is 0 Å². The Bertz CT molecular complexity index is 415. The molecule has 2 heterocycles. The molecular weight excluding hydrogens is 196 g/mol. The van der Waals surface area contributed by atoms with E-state index in [1.54, 1.807) is 0 Å². The van der Waals surface area contributed by atoms with Crippen LogP contribution in [0.3, 0.4) is 0 Å². The van der Waals surface area contributed by atoms with Gasteiger partial charge >= 0.3 is 0 Å². The summed E-state index contributed by atoms with van der Waals surface area (Å²) in [5, 5.41) is 11.7. The molecule has 1 atom stereocenters. The number of hydrogen-bond acceptors (Lipinski definition) is 4. The van der Waals surface area contributed by atoms with Crippen molar-refractivity contribution in [1.82, 2.24) is 15.5 Å². The van der Waals surface area contributed by atoms with Crippen molar-refractivity contribution in [3.05, 3.63) is 22.6 Å². The number of aromatic amines is 1. The smallest absolute Gasteiger partial charge is 0.266 e. The molecule has 0 aliphatic carbocycles. The van der Waals surface area contributed by atoms with Crippen molar-refractivity contribution in [3.63, 3.8) is 0 Å². The van der Waals surface area contributed by atoms with E-state index in [0.717, 1.165) is 19.4 Å². The van der Waals surface area contributed by atoms with Crippen LogP contribution in [0.15, 0.2) is 17.1 Å². The second-order valence-electron chi connectivity index (χ2n) is 3.46. The molecule has 1 fully saturated rings. The van der Waals surface area contributed by atoms with Crippen LogP contribution < -0.4 is 16.2 Å². The van der Waals surface area contributed by atoms with Gasteiger partial charge in [-0.3, -0.25) is 9.59 Å². The minimum Gasteiger partial charge on any atom is -0.372 e. The summed E-state index contributed by atoms with van der Waals surface area (Å²) in [5.41, 5.74) is 0.289. The Hall–Kier alpha value is -1.85. The van der Waals surface area contributed by atoms with Crippen molar-refractivity contribution in [3.8, 4) is 0 Å². The van der Waals surface area contributed by atoms with Crippen molar-refractivity contribution < 1.29 is 4.79 Å². The highest BCUT2D eigenvalue weighted by molar-refractivity contribution is 5.85. The average molecular weight is 208 g/mol. The highest BCUT2D eigenvalue weighted by Crippen LogP contribution is 2.09. The molecule has 0 spiro atoms. The number of amides is 1. The molecule has 6 heteroatoms. The van der Waals surface area contributed by atoms with E-state index >= 15 is 0 Å². The fourth-order valence-electron chi connectivity index (χ4n) is 1.57. The van der Waals surface area contributed by atoms with E-state index in [2.05, 4.69) is 20.8 Å². The molecule has 0 aromatic carbocycles. The number of carbonyl (C=O) groups is 1. The first kappa shape index (κ1) is 9.70. The van der Waals surface area contributed by atoms with E-state index in [1.165, 1.54) is 12.3 Å². The quantitative estimate of drug-likeness (QED) is 0.609. The number of carbonyl (C=O) groups excluding carboxylic acids is 1. The van der Waals surface area contributed by atoms with Crippen LogP contribution in [0, 0.1) is 0 Å². The number of piperidine rings is 1. The molecule has 1 aromatic rings. The van der Waals surface area contributed by atoms with Crippen molar-refractivity contribution in [2.24, 2.45) is 0 Å². The minimum atomic E-state index is -0.281. The Morgan fingerprint density at radius 2 is 2.33 bits per heavy atom. The summed E-state index contributed by atoms with van der Waals surface area (Å²) in [6, 6.07) is 1.12. The fourth-order valence-corrected chi connectivity index (χ4v) is 1.57. The number of hydrogen-bond donors (Lipinski definition) is 3. The van der Waals surface area contributed by atoms with E-state index in [9.17, 15) is 9.59 Å². The summed E-state index contributed by atoms with van der Waals surface area (Å²) in [7, 11) is 0. The van der Waals surface area contributed by atoms with E-state index < -0.39 is 0 Å². The maximum Gasteiger partial charge on any atom is 0.266 e. The number of aromatic nitrogens is 2. The topological polar surface area (TPSA) is 86.9 Å². The van der Waals surface area contributed by atoms with Gasteiger partial charge in [-0.25, -0.2) is 5.10 Å². The molecule has 6 nitrogen and oxygen atoms in total. The predicted octanol–water partition coefficient (Wildman–Crippen LogP) is -0.540. The van der Waals surface area contributed by atoms with E-state index in [0.29, 0.717) is 5.69 Å². The maximum atomic E-state index is 11.4. The van der Waals surface area contributed by atoms with Gasteiger partial charge in [-0.05, 0) is 12.8 Å².